The lowest BCUT2D eigenvalue weighted by molar-refractivity contribution is -0.176. The number of hydrogen-bond donors (Lipinski definition) is 2. The fourth-order valence-corrected chi connectivity index (χ4v) is 6.26. The molecule has 32 heavy (non-hydrogen) atoms. The van der Waals surface area contributed by atoms with E-state index in [0.29, 0.717) is 30.6 Å². The molecule has 0 spiro atoms. The predicted octanol–water partition coefficient (Wildman–Crippen LogP) is 4.25. The second-order valence-electron chi connectivity index (χ2n) is 11.5. The van der Waals surface area contributed by atoms with E-state index in [1.807, 2.05) is 27.7 Å². The molecular formula is C26H44O6. The van der Waals surface area contributed by atoms with Gasteiger partial charge in [0.1, 0.15) is 12.2 Å². The Morgan fingerprint density at radius 3 is 2.56 bits per heavy atom. The van der Waals surface area contributed by atoms with E-state index in [1.165, 1.54) is 0 Å². The monoisotopic (exact) mass is 452 g/mol. The molecule has 0 amide bonds. The van der Waals surface area contributed by atoms with Crippen LogP contribution in [0.15, 0.2) is 0 Å². The third-order valence-corrected chi connectivity index (χ3v) is 8.77. The Kier molecular flexibility index (Phi) is 8.30. The molecule has 1 aliphatic heterocycles. The van der Waals surface area contributed by atoms with E-state index in [1.54, 1.807) is 0 Å². The predicted molar refractivity (Wildman–Crippen MR) is 122 cm³/mol. The third kappa shape index (κ3) is 5.85. The topological polar surface area (TPSA) is 93.1 Å². The Balaban J connectivity index is 1.77. The average molecular weight is 453 g/mol. The first-order valence-electron chi connectivity index (χ1n) is 12.8. The van der Waals surface area contributed by atoms with Crippen LogP contribution in [-0.4, -0.2) is 46.6 Å². The van der Waals surface area contributed by atoms with Gasteiger partial charge in [0, 0.05) is 12.3 Å². The summed E-state index contributed by atoms with van der Waals surface area (Å²) in [6.07, 6.45) is 5.47. The van der Waals surface area contributed by atoms with Gasteiger partial charge in [-0.15, -0.1) is 0 Å². The minimum absolute atomic E-state index is 0.0903. The first kappa shape index (κ1) is 25.5. The number of cyclic esters (lactones) is 1. The highest BCUT2D eigenvalue weighted by Gasteiger charge is 2.49. The van der Waals surface area contributed by atoms with Crippen molar-refractivity contribution in [2.24, 2.45) is 35.0 Å². The van der Waals surface area contributed by atoms with Gasteiger partial charge in [-0.05, 0) is 83.0 Å². The second kappa shape index (κ2) is 10.4. The molecule has 6 nitrogen and oxygen atoms in total. The number of aliphatic hydroxyl groups is 2. The van der Waals surface area contributed by atoms with Gasteiger partial charge < -0.3 is 19.7 Å². The summed E-state index contributed by atoms with van der Waals surface area (Å²) in [7, 11) is 0. The number of carbonyl (C=O) groups is 2. The van der Waals surface area contributed by atoms with Crippen molar-refractivity contribution in [3.8, 4) is 0 Å². The van der Waals surface area contributed by atoms with Gasteiger partial charge in [0.05, 0.1) is 24.0 Å². The molecule has 0 radical (unpaired) electrons. The van der Waals surface area contributed by atoms with Crippen LogP contribution in [0, 0.1) is 35.0 Å². The number of ether oxygens (including phenoxy) is 2. The van der Waals surface area contributed by atoms with E-state index in [-0.39, 0.29) is 42.4 Å². The van der Waals surface area contributed by atoms with Gasteiger partial charge >= 0.3 is 11.9 Å². The number of esters is 2. The minimum Gasteiger partial charge on any atom is -0.462 e. The van der Waals surface area contributed by atoms with Crippen LogP contribution in [-0.2, 0) is 19.1 Å². The van der Waals surface area contributed by atoms with E-state index in [9.17, 15) is 19.8 Å². The Morgan fingerprint density at radius 2 is 1.94 bits per heavy atom. The van der Waals surface area contributed by atoms with Gasteiger partial charge in [0.15, 0.2) is 0 Å². The van der Waals surface area contributed by atoms with Crippen molar-refractivity contribution in [1.82, 2.24) is 0 Å². The van der Waals surface area contributed by atoms with Gasteiger partial charge in [-0.1, -0.05) is 20.3 Å². The number of rotatable bonds is 7. The molecule has 1 unspecified atom stereocenters. The first-order chi connectivity index (χ1) is 15.0. The van der Waals surface area contributed by atoms with Crippen molar-refractivity contribution < 1.29 is 29.3 Å². The lowest BCUT2D eigenvalue weighted by atomic mass is 9.57. The van der Waals surface area contributed by atoms with E-state index in [2.05, 4.69) is 6.92 Å². The van der Waals surface area contributed by atoms with Crippen molar-refractivity contribution in [2.75, 3.05) is 0 Å². The van der Waals surface area contributed by atoms with Crippen LogP contribution in [0.5, 0.6) is 0 Å². The Bertz CT molecular complexity index is 659. The van der Waals surface area contributed by atoms with E-state index in [4.69, 9.17) is 9.47 Å². The largest absolute Gasteiger partial charge is 0.462 e. The van der Waals surface area contributed by atoms with Crippen LogP contribution in [0.2, 0.25) is 0 Å². The van der Waals surface area contributed by atoms with Crippen molar-refractivity contribution in [3.63, 3.8) is 0 Å². The molecule has 3 aliphatic rings. The quantitative estimate of drug-likeness (QED) is 0.561. The van der Waals surface area contributed by atoms with Crippen molar-refractivity contribution in [1.29, 1.82) is 0 Å². The lowest BCUT2D eigenvalue weighted by Gasteiger charge is -2.51. The molecule has 0 aromatic rings. The molecule has 0 aromatic carbocycles. The van der Waals surface area contributed by atoms with Gasteiger partial charge in [-0.3, -0.25) is 9.59 Å². The maximum Gasteiger partial charge on any atom is 0.311 e. The molecule has 184 valence electrons. The number of hydrogen-bond acceptors (Lipinski definition) is 6. The zero-order valence-corrected chi connectivity index (χ0v) is 20.6. The molecule has 1 heterocycles. The van der Waals surface area contributed by atoms with Crippen LogP contribution in [0.1, 0.15) is 92.4 Å². The molecule has 2 saturated carbocycles. The molecule has 2 aliphatic carbocycles. The maximum atomic E-state index is 13.0. The van der Waals surface area contributed by atoms with Crippen LogP contribution >= 0.6 is 0 Å². The fraction of sp³-hybridized carbons (Fsp3) is 0.923. The normalized spacial score (nSPS) is 39.0. The molecule has 2 N–H and O–H groups in total. The second-order valence-corrected chi connectivity index (χ2v) is 11.5. The number of carbonyl (C=O) groups excluding carboxylic acids is 2. The van der Waals surface area contributed by atoms with Crippen LogP contribution in [0.25, 0.3) is 0 Å². The van der Waals surface area contributed by atoms with E-state index < -0.39 is 17.6 Å². The smallest absolute Gasteiger partial charge is 0.311 e. The summed E-state index contributed by atoms with van der Waals surface area (Å²) < 4.78 is 11.7. The Hall–Kier alpha value is -1.14. The van der Waals surface area contributed by atoms with Crippen molar-refractivity contribution >= 4 is 11.9 Å². The maximum absolute atomic E-state index is 13.0. The molecule has 3 fully saturated rings. The fourth-order valence-electron chi connectivity index (χ4n) is 6.26. The van der Waals surface area contributed by atoms with Crippen LogP contribution < -0.4 is 0 Å². The summed E-state index contributed by atoms with van der Waals surface area (Å²) in [6, 6.07) is 0. The lowest BCUT2D eigenvalue weighted by Crippen LogP contribution is -2.50. The third-order valence-electron chi connectivity index (χ3n) is 8.77. The van der Waals surface area contributed by atoms with Gasteiger partial charge in [0.2, 0.25) is 0 Å². The van der Waals surface area contributed by atoms with E-state index >= 15 is 0 Å². The highest BCUT2D eigenvalue weighted by atomic mass is 16.6. The van der Waals surface area contributed by atoms with Crippen LogP contribution in [0.4, 0.5) is 0 Å². The van der Waals surface area contributed by atoms with E-state index in [0.717, 1.165) is 38.5 Å². The molecule has 3 rings (SSSR count). The molecule has 9 atom stereocenters. The summed E-state index contributed by atoms with van der Waals surface area (Å²) in [5, 5.41) is 20.3. The highest BCUT2D eigenvalue weighted by molar-refractivity contribution is 5.76. The number of aliphatic hydroxyl groups excluding tert-OH is 2. The zero-order valence-electron chi connectivity index (χ0n) is 20.6. The summed E-state index contributed by atoms with van der Waals surface area (Å²) in [6.45, 7) is 10.0. The Morgan fingerprint density at radius 1 is 1.22 bits per heavy atom. The summed E-state index contributed by atoms with van der Waals surface area (Å²) in [4.78, 5) is 24.8. The molecule has 0 aromatic heterocycles. The molecule has 6 heteroatoms. The van der Waals surface area contributed by atoms with Gasteiger partial charge in [0.25, 0.3) is 0 Å². The van der Waals surface area contributed by atoms with Crippen LogP contribution in [0.3, 0.4) is 0 Å². The molecule has 1 saturated heterocycles. The van der Waals surface area contributed by atoms with Crippen molar-refractivity contribution in [3.05, 3.63) is 0 Å². The Labute approximate surface area is 193 Å². The SMILES string of the molecule is CCC(C)(C)C(=O)O[C@H]1C[C@H](C(C)O)C[C@@H]2CC[C@H](C)[C@H](CC[C@@H]3C[C@@H](O)CC(=O)O3)[C@H]21. The molecular weight excluding hydrogens is 408 g/mol. The van der Waals surface area contributed by atoms with Gasteiger partial charge in [-0.25, -0.2) is 0 Å². The standard InChI is InChI=1S/C26H44O6/c1-6-26(4,5)25(30)32-22-12-18(16(3)27)11-17-8-7-15(2)21(24(17)22)10-9-20-13-19(28)14-23(29)31-20/h15-22,24,27-28H,6-14H2,1-5H3/t15-,16?,17-,18+,19+,20+,21-,22-,24-/m0/s1. The summed E-state index contributed by atoms with van der Waals surface area (Å²) in [5.41, 5.74) is -0.518. The highest BCUT2D eigenvalue weighted by Crippen LogP contribution is 2.51. The van der Waals surface area contributed by atoms with Gasteiger partial charge in [-0.2, -0.15) is 0 Å². The average Bonchev–Trinajstić information content (AvgIpc) is 2.72. The zero-order chi connectivity index (χ0) is 23.6. The molecule has 0 bridgehead atoms. The van der Waals surface area contributed by atoms with Crippen molar-refractivity contribution in [2.45, 2.75) is 117 Å². The summed E-state index contributed by atoms with van der Waals surface area (Å²) in [5.74, 6) is 1.29. The first-order valence-corrected chi connectivity index (χ1v) is 12.8. The summed E-state index contributed by atoms with van der Waals surface area (Å²) >= 11 is 0. The number of fused-ring (bicyclic) bond motifs is 1. The minimum atomic E-state index is -0.607.